The summed E-state index contributed by atoms with van der Waals surface area (Å²) in [5.41, 5.74) is 2.89. The number of anilines is 3. The Kier molecular flexibility index (Phi) is 4.33. The van der Waals surface area contributed by atoms with Crippen molar-refractivity contribution in [1.29, 1.82) is 0 Å². The fourth-order valence-corrected chi connectivity index (χ4v) is 2.77. The molecule has 1 amide bonds. The van der Waals surface area contributed by atoms with Crippen LogP contribution in [0.3, 0.4) is 0 Å². The lowest BCUT2D eigenvalue weighted by molar-refractivity contribution is 0.102. The Morgan fingerprint density at radius 2 is 1.81 bits per heavy atom. The highest BCUT2D eigenvalue weighted by Crippen LogP contribution is 2.34. The minimum atomic E-state index is -0.327. The first-order chi connectivity index (χ1) is 13.1. The van der Waals surface area contributed by atoms with Crippen molar-refractivity contribution in [2.45, 2.75) is 13.8 Å². The van der Waals surface area contributed by atoms with Crippen molar-refractivity contribution in [2.24, 2.45) is 0 Å². The van der Waals surface area contributed by atoms with E-state index in [-0.39, 0.29) is 18.4 Å². The Morgan fingerprint density at radius 1 is 1.00 bits per heavy atom. The van der Waals surface area contributed by atoms with E-state index in [0.29, 0.717) is 28.8 Å². The molecule has 1 aliphatic rings. The quantitative estimate of drug-likeness (QED) is 0.734. The smallest absolute Gasteiger partial charge is 0.274 e. The number of aryl methyl sites for hydroxylation is 2. The van der Waals surface area contributed by atoms with E-state index in [1.54, 1.807) is 31.2 Å². The van der Waals surface area contributed by atoms with Gasteiger partial charge in [0.25, 0.3) is 5.91 Å². The third-order valence-electron chi connectivity index (χ3n) is 4.11. The minimum absolute atomic E-state index is 0.186. The number of carbonyl (C=O) groups is 1. The van der Waals surface area contributed by atoms with Crippen molar-refractivity contribution >= 4 is 23.1 Å². The van der Waals surface area contributed by atoms with Gasteiger partial charge in [0.05, 0.1) is 0 Å². The van der Waals surface area contributed by atoms with Crippen LogP contribution in [0.4, 0.5) is 17.2 Å². The summed E-state index contributed by atoms with van der Waals surface area (Å²) in [6.07, 6.45) is 0. The highest BCUT2D eigenvalue weighted by Gasteiger charge is 2.16. The standard InChI is InChI=1S/C20H18N4O3/c1-12-5-3-4-6-15(12)24-19-10-16(21-13(2)22-19)20(25)23-14-7-8-17-18(9-14)27-11-26-17/h3-10H,11H2,1-2H3,(H,23,25)(H,21,22,24). The van der Waals surface area contributed by atoms with Gasteiger partial charge < -0.3 is 20.1 Å². The van der Waals surface area contributed by atoms with Gasteiger partial charge in [-0.3, -0.25) is 4.79 Å². The Bertz CT molecular complexity index is 1020. The van der Waals surface area contributed by atoms with Crippen molar-refractivity contribution in [2.75, 3.05) is 17.4 Å². The predicted octanol–water partition coefficient (Wildman–Crippen LogP) is 3.82. The van der Waals surface area contributed by atoms with E-state index >= 15 is 0 Å². The van der Waals surface area contributed by atoms with Gasteiger partial charge in [0.1, 0.15) is 17.3 Å². The maximum Gasteiger partial charge on any atom is 0.274 e. The van der Waals surface area contributed by atoms with E-state index in [1.165, 1.54) is 0 Å². The number of amides is 1. The number of nitrogens with one attached hydrogen (secondary N) is 2. The van der Waals surface area contributed by atoms with Crippen LogP contribution in [-0.4, -0.2) is 22.7 Å². The highest BCUT2D eigenvalue weighted by atomic mass is 16.7. The van der Waals surface area contributed by atoms with E-state index in [4.69, 9.17) is 9.47 Å². The first-order valence-corrected chi connectivity index (χ1v) is 8.48. The van der Waals surface area contributed by atoms with E-state index < -0.39 is 0 Å². The molecule has 1 aliphatic heterocycles. The van der Waals surface area contributed by atoms with Crippen LogP contribution in [-0.2, 0) is 0 Å². The molecule has 0 fully saturated rings. The molecule has 2 aromatic carbocycles. The lowest BCUT2D eigenvalue weighted by atomic mass is 10.2. The van der Waals surface area contributed by atoms with Gasteiger partial charge >= 0.3 is 0 Å². The number of aromatic nitrogens is 2. The summed E-state index contributed by atoms with van der Waals surface area (Å²) in [4.78, 5) is 21.3. The van der Waals surface area contributed by atoms with Crippen LogP contribution in [0.5, 0.6) is 11.5 Å². The zero-order valence-electron chi connectivity index (χ0n) is 14.9. The lowest BCUT2D eigenvalue weighted by Crippen LogP contribution is -2.15. The van der Waals surface area contributed by atoms with E-state index in [9.17, 15) is 4.79 Å². The van der Waals surface area contributed by atoms with Gasteiger partial charge in [-0.15, -0.1) is 0 Å². The van der Waals surface area contributed by atoms with Crippen LogP contribution in [0.2, 0.25) is 0 Å². The van der Waals surface area contributed by atoms with Gasteiger partial charge in [-0.1, -0.05) is 18.2 Å². The molecule has 4 rings (SSSR count). The number of hydrogen-bond acceptors (Lipinski definition) is 6. The number of nitrogens with zero attached hydrogens (tertiary/aromatic N) is 2. The van der Waals surface area contributed by atoms with E-state index in [1.807, 2.05) is 31.2 Å². The number of carbonyl (C=O) groups excluding carboxylic acids is 1. The number of ether oxygens (including phenoxy) is 2. The van der Waals surface area contributed by atoms with Crippen molar-refractivity contribution in [3.63, 3.8) is 0 Å². The second-order valence-electron chi connectivity index (χ2n) is 6.15. The molecular formula is C20H18N4O3. The van der Waals surface area contributed by atoms with Crippen molar-refractivity contribution in [3.8, 4) is 11.5 Å². The third kappa shape index (κ3) is 3.67. The van der Waals surface area contributed by atoms with Gasteiger partial charge in [-0.2, -0.15) is 0 Å². The summed E-state index contributed by atoms with van der Waals surface area (Å²) in [7, 11) is 0. The average Bonchev–Trinajstić information content (AvgIpc) is 3.11. The Morgan fingerprint density at radius 3 is 2.67 bits per heavy atom. The van der Waals surface area contributed by atoms with Gasteiger partial charge in [-0.25, -0.2) is 9.97 Å². The monoisotopic (exact) mass is 362 g/mol. The third-order valence-corrected chi connectivity index (χ3v) is 4.11. The molecule has 0 spiro atoms. The molecule has 3 aromatic rings. The van der Waals surface area contributed by atoms with Crippen LogP contribution in [0.1, 0.15) is 21.9 Å². The molecule has 0 aliphatic carbocycles. The van der Waals surface area contributed by atoms with Crippen LogP contribution in [0.15, 0.2) is 48.5 Å². The summed E-state index contributed by atoms with van der Waals surface area (Å²) in [5.74, 6) is 2.01. The molecule has 0 bridgehead atoms. The maximum atomic E-state index is 12.6. The summed E-state index contributed by atoms with van der Waals surface area (Å²) in [5, 5.41) is 6.06. The Balaban J connectivity index is 1.55. The maximum absolute atomic E-state index is 12.6. The summed E-state index contributed by atoms with van der Waals surface area (Å²) in [6, 6.07) is 14.7. The molecule has 27 heavy (non-hydrogen) atoms. The van der Waals surface area contributed by atoms with Crippen molar-refractivity contribution < 1.29 is 14.3 Å². The van der Waals surface area contributed by atoms with E-state index in [2.05, 4.69) is 20.6 Å². The summed E-state index contributed by atoms with van der Waals surface area (Å²) >= 11 is 0. The molecule has 0 saturated carbocycles. The largest absolute Gasteiger partial charge is 0.454 e. The molecule has 7 nitrogen and oxygen atoms in total. The molecular weight excluding hydrogens is 344 g/mol. The first kappa shape index (κ1) is 16.8. The van der Waals surface area contributed by atoms with Gasteiger partial charge in [0.2, 0.25) is 6.79 Å². The molecule has 0 atom stereocenters. The number of rotatable bonds is 4. The summed E-state index contributed by atoms with van der Waals surface area (Å²) < 4.78 is 10.6. The fraction of sp³-hybridized carbons (Fsp3) is 0.150. The zero-order chi connectivity index (χ0) is 18.8. The average molecular weight is 362 g/mol. The number of benzene rings is 2. The van der Waals surface area contributed by atoms with E-state index in [0.717, 1.165) is 11.3 Å². The van der Waals surface area contributed by atoms with Crippen LogP contribution < -0.4 is 20.1 Å². The van der Waals surface area contributed by atoms with Crippen LogP contribution >= 0.6 is 0 Å². The topological polar surface area (TPSA) is 85.4 Å². The summed E-state index contributed by atoms with van der Waals surface area (Å²) in [6.45, 7) is 3.94. The lowest BCUT2D eigenvalue weighted by Gasteiger charge is -2.11. The van der Waals surface area contributed by atoms with Crippen molar-refractivity contribution in [3.05, 3.63) is 65.6 Å². The Labute approximate surface area is 156 Å². The molecule has 0 radical (unpaired) electrons. The SMILES string of the molecule is Cc1nc(Nc2ccccc2C)cc(C(=O)Nc2ccc3c(c2)OCO3)n1. The van der Waals surface area contributed by atoms with Crippen molar-refractivity contribution in [1.82, 2.24) is 9.97 Å². The molecule has 0 saturated heterocycles. The molecule has 0 unspecified atom stereocenters. The molecule has 7 heteroatoms. The first-order valence-electron chi connectivity index (χ1n) is 8.48. The molecule has 136 valence electrons. The highest BCUT2D eigenvalue weighted by molar-refractivity contribution is 6.03. The Hall–Kier alpha value is -3.61. The van der Waals surface area contributed by atoms with Gasteiger partial charge in [-0.05, 0) is 37.6 Å². The van der Waals surface area contributed by atoms with Crippen LogP contribution in [0, 0.1) is 13.8 Å². The predicted molar refractivity (Wildman–Crippen MR) is 102 cm³/mol. The molecule has 1 aromatic heterocycles. The second kappa shape index (κ2) is 6.95. The second-order valence-corrected chi connectivity index (χ2v) is 6.15. The minimum Gasteiger partial charge on any atom is -0.454 e. The van der Waals surface area contributed by atoms with Crippen LogP contribution in [0.25, 0.3) is 0 Å². The molecule has 2 N–H and O–H groups in total. The van der Waals surface area contributed by atoms with Gasteiger partial charge in [0.15, 0.2) is 11.5 Å². The fourth-order valence-electron chi connectivity index (χ4n) is 2.77. The molecule has 2 heterocycles. The number of para-hydroxylation sites is 1. The number of fused-ring (bicyclic) bond motifs is 1. The van der Waals surface area contributed by atoms with Gasteiger partial charge in [0, 0.05) is 23.5 Å². The number of hydrogen-bond donors (Lipinski definition) is 2. The zero-order valence-corrected chi connectivity index (χ0v) is 14.9. The normalized spacial score (nSPS) is 11.9.